The molecule has 0 bridgehead atoms. The van der Waals surface area contributed by atoms with Gasteiger partial charge in [-0.25, -0.2) is 4.57 Å². The van der Waals surface area contributed by atoms with Gasteiger partial charge in [-0.05, 0) is 128 Å². The fourth-order valence-corrected chi connectivity index (χ4v) is 8.40. The Morgan fingerprint density at radius 1 is 0.382 bits per heavy atom. The van der Waals surface area contributed by atoms with Gasteiger partial charge in [0.2, 0.25) is 0 Å². The van der Waals surface area contributed by atoms with Crippen LogP contribution in [-0.2, 0) is 42.2 Å². The van der Waals surface area contributed by atoms with Crippen LogP contribution >= 0.6 is 7.82 Å². The molecular formula is C64H107O11P. The van der Waals surface area contributed by atoms with Crippen molar-refractivity contribution in [3.05, 3.63) is 109 Å². The van der Waals surface area contributed by atoms with Crippen molar-refractivity contribution in [1.82, 2.24) is 0 Å². The lowest BCUT2D eigenvalue weighted by molar-refractivity contribution is -0.161. The lowest BCUT2D eigenvalue weighted by Gasteiger charge is -2.21. The van der Waals surface area contributed by atoms with Crippen molar-refractivity contribution in [1.29, 1.82) is 0 Å². The zero-order valence-electron chi connectivity index (χ0n) is 47.9. The molecule has 0 heterocycles. The Balaban J connectivity index is 4.82. The largest absolute Gasteiger partial charge is 0.472 e. The lowest BCUT2D eigenvalue weighted by Crippen LogP contribution is -2.30. The normalized spacial score (nSPS) is 14.1. The summed E-state index contributed by atoms with van der Waals surface area (Å²) in [5.41, 5.74) is 0. The van der Waals surface area contributed by atoms with Gasteiger partial charge in [-0.2, -0.15) is 0 Å². The van der Waals surface area contributed by atoms with Gasteiger partial charge in [-0.3, -0.25) is 23.4 Å². The molecular weight excluding hydrogens is 976 g/mol. The van der Waals surface area contributed by atoms with Crippen LogP contribution in [0.15, 0.2) is 109 Å². The Morgan fingerprint density at radius 2 is 0.684 bits per heavy atom. The van der Waals surface area contributed by atoms with E-state index < -0.39 is 57.8 Å². The van der Waals surface area contributed by atoms with Gasteiger partial charge in [0.15, 0.2) is 6.10 Å². The number of carbonyl (C=O) groups is 3. The molecule has 0 spiro atoms. The van der Waals surface area contributed by atoms with Gasteiger partial charge in [-0.15, -0.1) is 0 Å². The zero-order chi connectivity index (χ0) is 55.5. The summed E-state index contributed by atoms with van der Waals surface area (Å²) in [7, 11) is -4.77. The third-order valence-corrected chi connectivity index (χ3v) is 13.1. The summed E-state index contributed by atoms with van der Waals surface area (Å²) in [4.78, 5) is 48.6. The highest BCUT2D eigenvalue weighted by atomic mass is 31.2. The molecule has 0 fully saturated rings. The first-order valence-electron chi connectivity index (χ1n) is 29.8. The standard InChI is InChI=1S/C64H107O11P/c1-4-7-10-13-16-19-22-25-28-29-30-31-34-37-40-43-46-49-52-55-64(68)75-61(57-71-62(66)53-50-47-44-41-38-35-32-26-23-20-17-14-11-8-5-2)59-73-76(69,70)72-58-60(56-65)74-63(67)54-51-48-45-42-39-36-33-27-24-21-18-15-12-9-6-3/h8,11,16-21,25-28,30-33,38,41,60-61,65H,4-7,9-10,12-15,22-24,29,34-37,39-40,42-59H2,1-3H3,(H,69,70)/b11-8-,19-16-,20-17-,21-18-,28-25-,31-30-,32-26-,33-27-,41-38-. The highest BCUT2D eigenvalue weighted by Crippen LogP contribution is 2.43. The minimum absolute atomic E-state index is 0.138. The van der Waals surface area contributed by atoms with Gasteiger partial charge < -0.3 is 24.2 Å². The predicted molar refractivity (Wildman–Crippen MR) is 316 cm³/mol. The molecule has 0 aromatic heterocycles. The summed E-state index contributed by atoms with van der Waals surface area (Å²) < 4.78 is 39.5. The van der Waals surface area contributed by atoms with Crippen LogP contribution < -0.4 is 0 Å². The highest BCUT2D eigenvalue weighted by Gasteiger charge is 2.28. The van der Waals surface area contributed by atoms with Crippen LogP contribution in [-0.4, -0.2) is 66.5 Å². The van der Waals surface area contributed by atoms with E-state index >= 15 is 0 Å². The number of aliphatic hydroxyl groups excluding tert-OH is 1. The summed E-state index contributed by atoms with van der Waals surface area (Å²) in [5, 5.41) is 9.82. The fraction of sp³-hybridized carbons (Fsp3) is 0.672. The molecule has 0 rings (SSSR count). The summed E-state index contributed by atoms with van der Waals surface area (Å²) >= 11 is 0. The minimum Gasteiger partial charge on any atom is -0.462 e. The summed E-state index contributed by atoms with van der Waals surface area (Å²) in [6, 6.07) is 0. The number of allylic oxidation sites excluding steroid dienone is 18. The number of phosphoric ester groups is 1. The molecule has 76 heavy (non-hydrogen) atoms. The van der Waals surface area contributed by atoms with Gasteiger partial charge in [0.05, 0.1) is 19.8 Å². The number of phosphoric acid groups is 1. The molecule has 3 unspecified atom stereocenters. The lowest BCUT2D eigenvalue weighted by atomic mass is 10.1. The quantitative estimate of drug-likeness (QED) is 0.0197. The van der Waals surface area contributed by atoms with E-state index in [1.54, 1.807) is 0 Å². The van der Waals surface area contributed by atoms with Crippen LogP contribution in [0, 0.1) is 0 Å². The molecule has 434 valence electrons. The number of esters is 3. The summed E-state index contributed by atoms with van der Waals surface area (Å²) in [6.45, 7) is 4.40. The fourth-order valence-electron chi connectivity index (χ4n) is 7.62. The molecule has 2 N–H and O–H groups in total. The topological polar surface area (TPSA) is 155 Å². The molecule has 0 aromatic carbocycles. The Bertz CT molecular complexity index is 1690. The molecule has 0 aliphatic rings. The predicted octanol–water partition coefficient (Wildman–Crippen LogP) is 17.8. The number of ether oxygens (including phenoxy) is 3. The number of aliphatic hydroxyl groups is 1. The molecule has 0 radical (unpaired) electrons. The summed E-state index contributed by atoms with van der Waals surface area (Å²) in [5.74, 6) is -1.55. The van der Waals surface area contributed by atoms with Crippen molar-refractivity contribution in [2.75, 3.05) is 26.4 Å². The number of unbranched alkanes of at least 4 members (excludes halogenated alkanes) is 19. The zero-order valence-corrected chi connectivity index (χ0v) is 48.8. The molecule has 0 aromatic rings. The van der Waals surface area contributed by atoms with Crippen LogP contribution in [0.1, 0.15) is 239 Å². The molecule has 3 atom stereocenters. The monoisotopic (exact) mass is 1080 g/mol. The second kappa shape index (κ2) is 57.3. The van der Waals surface area contributed by atoms with Crippen LogP contribution in [0.2, 0.25) is 0 Å². The van der Waals surface area contributed by atoms with Gasteiger partial charge in [-0.1, -0.05) is 201 Å². The number of carbonyl (C=O) groups excluding carboxylic acids is 3. The smallest absolute Gasteiger partial charge is 0.462 e. The third kappa shape index (κ3) is 54.9. The van der Waals surface area contributed by atoms with E-state index in [0.29, 0.717) is 19.3 Å². The average Bonchev–Trinajstić information content (AvgIpc) is 3.41. The maximum absolute atomic E-state index is 12.9. The van der Waals surface area contributed by atoms with Gasteiger partial charge in [0, 0.05) is 19.3 Å². The number of hydrogen-bond donors (Lipinski definition) is 2. The van der Waals surface area contributed by atoms with Gasteiger partial charge >= 0.3 is 25.7 Å². The van der Waals surface area contributed by atoms with Crippen molar-refractivity contribution < 1.29 is 52.2 Å². The summed E-state index contributed by atoms with van der Waals surface area (Å²) in [6.07, 6.45) is 69.0. The third-order valence-electron chi connectivity index (χ3n) is 12.1. The van der Waals surface area contributed by atoms with Crippen molar-refractivity contribution in [3.63, 3.8) is 0 Å². The molecule has 0 amide bonds. The molecule has 0 aliphatic heterocycles. The number of hydrogen-bond acceptors (Lipinski definition) is 10. The van der Waals surface area contributed by atoms with Crippen molar-refractivity contribution >= 4 is 25.7 Å². The Labute approximate surface area is 463 Å². The molecule has 12 heteroatoms. The van der Waals surface area contributed by atoms with E-state index in [0.717, 1.165) is 135 Å². The van der Waals surface area contributed by atoms with Gasteiger partial charge in [0.1, 0.15) is 12.7 Å². The first-order chi connectivity index (χ1) is 37.2. The van der Waals surface area contributed by atoms with E-state index in [2.05, 4.69) is 130 Å². The highest BCUT2D eigenvalue weighted by molar-refractivity contribution is 7.47. The van der Waals surface area contributed by atoms with Gasteiger partial charge in [0.25, 0.3) is 0 Å². The van der Waals surface area contributed by atoms with Crippen LogP contribution in [0.5, 0.6) is 0 Å². The average molecular weight is 1080 g/mol. The van der Waals surface area contributed by atoms with E-state index in [1.807, 2.05) is 0 Å². The first kappa shape index (κ1) is 72.1. The Morgan fingerprint density at radius 3 is 1.08 bits per heavy atom. The second-order valence-corrected chi connectivity index (χ2v) is 20.9. The maximum Gasteiger partial charge on any atom is 0.472 e. The van der Waals surface area contributed by atoms with E-state index in [1.165, 1.54) is 44.9 Å². The van der Waals surface area contributed by atoms with E-state index in [9.17, 15) is 28.9 Å². The van der Waals surface area contributed by atoms with Crippen molar-refractivity contribution in [2.24, 2.45) is 0 Å². The Hall–Kier alpha value is -3.86. The van der Waals surface area contributed by atoms with Crippen LogP contribution in [0.4, 0.5) is 0 Å². The van der Waals surface area contributed by atoms with Crippen molar-refractivity contribution in [3.8, 4) is 0 Å². The molecule has 0 aliphatic carbocycles. The van der Waals surface area contributed by atoms with Crippen LogP contribution in [0.25, 0.3) is 0 Å². The second-order valence-electron chi connectivity index (χ2n) is 19.4. The SMILES string of the molecule is CC/C=C\C/C=C\C/C=C\C/C=C\CCCCC(=O)OCC(COP(=O)(O)OCC(CO)OC(=O)CCCCCCC/C=C\C/C=C\CCCCC)OC(=O)CCCCCCCC/C=C\C/C=C\C/C=C\CCCCC. The first-order valence-corrected chi connectivity index (χ1v) is 31.3. The minimum atomic E-state index is -4.77. The molecule has 0 saturated heterocycles. The van der Waals surface area contributed by atoms with Crippen molar-refractivity contribution in [2.45, 2.75) is 251 Å². The molecule has 11 nitrogen and oxygen atoms in total. The van der Waals surface area contributed by atoms with E-state index in [-0.39, 0.29) is 25.9 Å². The number of rotatable bonds is 54. The van der Waals surface area contributed by atoms with Crippen LogP contribution in [0.3, 0.4) is 0 Å². The molecule has 0 saturated carbocycles. The Kier molecular flexibility index (Phi) is 54.4. The maximum atomic E-state index is 12.9. The van der Waals surface area contributed by atoms with E-state index in [4.69, 9.17) is 23.3 Å².